The van der Waals surface area contributed by atoms with Gasteiger partial charge >= 0.3 is 0 Å². The molecular weight excluding hydrogens is 356 g/mol. The number of anilines is 1. The molecule has 1 N–H and O–H groups in total. The zero-order chi connectivity index (χ0) is 19.6. The first-order valence-electron chi connectivity index (χ1n) is 9.88. The van der Waals surface area contributed by atoms with Crippen molar-refractivity contribution in [1.82, 2.24) is 4.98 Å². The molecule has 5 heteroatoms. The molecule has 146 valence electrons. The highest BCUT2D eigenvalue weighted by Crippen LogP contribution is 2.38. The van der Waals surface area contributed by atoms with Gasteiger partial charge in [0.15, 0.2) is 5.13 Å². The first-order valence-corrected chi connectivity index (χ1v) is 10.8. The normalized spacial score (nSPS) is 17.3. The third kappa shape index (κ3) is 4.34. The summed E-state index contributed by atoms with van der Waals surface area (Å²) < 4.78 is 5.97. The Morgan fingerprint density at radius 2 is 2.15 bits per heavy atom. The molecule has 0 unspecified atom stereocenters. The number of aryl methyl sites for hydroxylation is 2. The first-order chi connectivity index (χ1) is 12.9. The third-order valence-electron chi connectivity index (χ3n) is 5.67. The van der Waals surface area contributed by atoms with Crippen LogP contribution in [0.3, 0.4) is 0 Å². The topological polar surface area (TPSA) is 51.2 Å². The van der Waals surface area contributed by atoms with Gasteiger partial charge in [-0.25, -0.2) is 4.98 Å². The van der Waals surface area contributed by atoms with E-state index in [-0.39, 0.29) is 11.8 Å². The lowest BCUT2D eigenvalue weighted by atomic mass is 9.75. The number of rotatable bonds is 6. The van der Waals surface area contributed by atoms with Crippen LogP contribution in [0.25, 0.3) is 0 Å². The van der Waals surface area contributed by atoms with Crippen LogP contribution in [0.2, 0.25) is 0 Å². The number of carbonyl (C=O) groups excluding carboxylic acids is 1. The summed E-state index contributed by atoms with van der Waals surface area (Å²) in [5.74, 6) is 1.38. The van der Waals surface area contributed by atoms with Gasteiger partial charge in [0.2, 0.25) is 5.91 Å². The van der Waals surface area contributed by atoms with Gasteiger partial charge in [0.1, 0.15) is 5.75 Å². The summed E-state index contributed by atoms with van der Waals surface area (Å²) in [6.45, 7) is 11.2. The summed E-state index contributed by atoms with van der Waals surface area (Å²) in [4.78, 5) is 17.1. The highest BCUT2D eigenvalue weighted by Gasteiger charge is 2.30. The lowest BCUT2D eigenvalue weighted by molar-refractivity contribution is -0.121. The highest BCUT2D eigenvalue weighted by atomic mass is 32.1. The number of amides is 1. The number of aromatic nitrogens is 1. The van der Waals surface area contributed by atoms with E-state index in [1.807, 2.05) is 19.2 Å². The van der Waals surface area contributed by atoms with Crippen LogP contribution < -0.4 is 10.1 Å². The second kappa shape index (κ2) is 8.42. The van der Waals surface area contributed by atoms with Gasteiger partial charge in [-0.3, -0.25) is 4.79 Å². The summed E-state index contributed by atoms with van der Waals surface area (Å²) in [5, 5.41) is 5.65. The molecule has 1 aliphatic carbocycles. The van der Waals surface area contributed by atoms with E-state index in [1.165, 1.54) is 33.6 Å². The van der Waals surface area contributed by atoms with Gasteiger partial charge in [-0.2, -0.15) is 0 Å². The Hall–Kier alpha value is -1.88. The molecule has 0 radical (unpaired) electrons. The molecule has 27 heavy (non-hydrogen) atoms. The largest absolute Gasteiger partial charge is 0.493 e. The van der Waals surface area contributed by atoms with Gasteiger partial charge in [0.25, 0.3) is 0 Å². The molecule has 0 bridgehead atoms. The van der Waals surface area contributed by atoms with Crippen molar-refractivity contribution in [2.24, 2.45) is 11.8 Å². The molecule has 1 aromatic carbocycles. The molecule has 1 amide bonds. The van der Waals surface area contributed by atoms with Crippen LogP contribution in [0.1, 0.15) is 54.6 Å². The Balaban J connectivity index is 1.76. The van der Waals surface area contributed by atoms with E-state index in [4.69, 9.17) is 4.74 Å². The second-order valence-corrected chi connectivity index (χ2v) is 8.56. The number of nitrogens with zero attached hydrogens (tertiary/aromatic N) is 1. The summed E-state index contributed by atoms with van der Waals surface area (Å²) in [6, 6.07) is 2.19. The molecule has 0 spiro atoms. The maximum absolute atomic E-state index is 12.7. The molecule has 3 rings (SSSR count). The minimum absolute atomic E-state index is 0.0396. The highest BCUT2D eigenvalue weighted by molar-refractivity contribution is 7.13. The molecule has 0 saturated carbocycles. The molecule has 4 nitrogen and oxygen atoms in total. The number of ether oxygens (including phenoxy) is 1. The van der Waals surface area contributed by atoms with Crippen LogP contribution >= 0.6 is 11.3 Å². The van der Waals surface area contributed by atoms with Crippen molar-refractivity contribution < 1.29 is 9.53 Å². The van der Waals surface area contributed by atoms with Crippen molar-refractivity contribution >= 4 is 22.4 Å². The zero-order valence-corrected chi connectivity index (χ0v) is 17.8. The molecular formula is C22H30N2O2S. The fourth-order valence-electron chi connectivity index (χ4n) is 3.96. The van der Waals surface area contributed by atoms with Crippen molar-refractivity contribution in [2.45, 2.75) is 60.3 Å². The summed E-state index contributed by atoms with van der Waals surface area (Å²) in [7, 11) is 0. The van der Waals surface area contributed by atoms with Crippen molar-refractivity contribution in [3.63, 3.8) is 0 Å². The van der Waals surface area contributed by atoms with E-state index in [0.717, 1.165) is 43.7 Å². The maximum atomic E-state index is 12.7. The average Bonchev–Trinajstić information content (AvgIpc) is 3.07. The van der Waals surface area contributed by atoms with Gasteiger partial charge in [-0.1, -0.05) is 13.8 Å². The fraction of sp³-hybridized carbons (Fsp3) is 0.545. The van der Waals surface area contributed by atoms with E-state index in [1.54, 1.807) is 0 Å². The molecule has 0 fully saturated rings. The van der Waals surface area contributed by atoms with Crippen LogP contribution in [-0.2, 0) is 17.6 Å². The smallest absolute Gasteiger partial charge is 0.229 e. The molecule has 2 aromatic rings. The van der Waals surface area contributed by atoms with Crippen molar-refractivity contribution in [3.05, 3.63) is 39.4 Å². The maximum Gasteiger partial charge on any atom is 0.229 e. The van der Waals surface area contributed by atoms with Crippen LogP contribution in [0, 0.1) is 32.6 Å². The second-order valence-electron chi connectivity index (χ2n) is 7.70. The van der Waals surface area contributed by atoms with E-state index in [9.17, 15) is 4.79 Å². The molecule has 0 aliphatic heterocycles. The molecule has 1 heterocycles. The monoisotopic (exact) mass is 386 g/mol. The van der Waals surface area contributed by atoms with Crippen molar-refractivity contribution in [1.29, 1.82) is 0 Å². The number of benzene rings is 1. The minimum atomic E-state index is -0.0396. The first kappa shape index (κ1) is 19.9. The number of hydrogen-bond donors (Lipinski definition) is 1. The Kier molecular flexibility index (Phi) is 6.20. The lowest BCUT2D eigenvalue weighted by Gasteiger charge is -2.31. The van der Waals surface area contributed by atoms with Gasteiger partial charge in [-0.15, -0.1) is 11.3 Å². The quantitative estimate of drug-likeness (QED) is 0.739. The molecule has 2 atom stereocenters. The number of nitrogens with one attached hydrogen (secondary N) is 1. The Morgan fingerprint density at radius 1 is 1.37 bits per heavy atom. The zero-order valence-electron chi connectivity index (χ0n) is 17.0. The average molecular weight is 387 g/mol. The predicted octanol–water partition coefficient (Wildman–Crippen LogP) is 5.24. The van der Waals surface area contributed by atoms with Crippen molar-refractivity contribution in [3.8, 4) is 5.75 Å². The standard InChI is InChI=1S/C22H30N2O2S/c1-6-9-26-20-10-13(2)18-8-7-17(11-19(18)16(20)5)15(4)21(25)24-22-23-14(3)12-27-22/h10,12,15,17H,6-9,11H2,1-5H3,(H,23,24,25)/t15-,17+/m0/s1. The van der Waals surface area contributed by atoms with Crippen LogP contribution in [-0.4, -0.2) is 17.5 Å². The molecule has 0 saturated heterocycles. The summed E-state index contributed by atoms with van der Waals surface area (Å²) in [6.07, 6.45) is 4.03. The summed E-state index contributed by atoms with van der Waals surface area (Å²) >= 11 is 1.48. The Bertz CT molecular complexity index is 828. The third-order valence-corrected chi connectivity index (χ3v) is 6.55. The molecule has 1 aliphatic rings. The van der Waals surface area contributed by atoms with E-state index >= 15 is 0 Å². The van der Waals surface area contributed by atoms with Crippen LogP contribution in [0.5, 0.6) is 5.75 Å². The number of thiazole rings is 1. The SMILES string of the molecule is CCCOc1cc(C)c2c(c1C)C[C@H]([C@H](C)C(=O)Nc1nc(C)cs1)CC2. The molecule has 1 aromatic heterocycles. The van der Waals surface area contributed by atoms with Gasteiger partial charge < -0.3 is 10.1 Å². The lowest BCUT2D eigenvalue weighted by Crippen LogP contribution is -2.31. The van der Waals surface area contributed by atoms with Gasteiger partial charge in [0.05, 0.1) is 12.3 Å². The van der Waals surface area contributed by atoms with E-state index < -0.39 is 0 Å². The fourth-order valence-corrected chi connectivity index (χ4v) is 4.65. The number of carbonyl (C=O) groups is 1. The minimum Gasteiger partial charge on any atom is -0.493 e. The van der Waals surface area contributed by atoms with Crippen LogP contribution in [0.15, 0.2) is 11.4 Å². The van der Waals surface area contributed by atoms with E-state index in [0.29, 0.717) is 11.0 Å². The summed E-state index contributed by atoms with van der Waals surface area (Å²) in [5.41, 5.74) is 6.35. The Morgan fingerprint density at radius 3 is 2.81 bits per heavy atom. The van der Waals surface area contributed by atoms with Gasteiger partial charge in [0, 0.05) is 11.3 Å². The Labute approximate surface area is 166 Å². The predicted molar refractivity (Wildman–Crippen MR) is 112 cm³/mol. The van der Waals surface area contributed by atoms with Crippen LogP contribution in [0.4, 0.5) is 5.13 Å². The van der Waals surface area contributed by atoms with Gasteiger partial charge in [-0.05, 0) is 80.7 Å². The number of hydrogen-bond acceptors (Lipinski definition) is 4. The van der Waals surface area contributed by atoms with Crippen molar-refractivity contribution in [2.75, 3.05) is 11.9 Å². The number of fused-ring (bicyclic) bond motifs is 1. The van der Waals surface area contributed by atoms with E-state index in [2.05, 4.69) is 37.1 Å².